The summed E-state index contributed by atoms with van der Waals surface area (Å²) in [4.78, 5) is 17.0. The number of carbonyl (C=O) groups is 1. The first-order valence-electron chi connectivity index (χ1n) is 4.69. The van der Waals surface area contributed by atoms with Crippen molar-refractivity contribution in [3.05, 3.63) is 24.4 Å². The van der Waals surface area contributed by atoms with Crippen molar-refractivity contribution in [1.29, 1.82) is 0 Å². The van der Waals surface area contributed by atoms with Crippen LogP contribution in [0, 0.1) is 6.07 Å². The van der Waals surface area contributed by atoms with Gasteiger partial charge >= 0.3 is 6.09 Å². The van der Waals surface area contributed by atoms with Gasteiger partial charge in [-0.1, -0.05) is 0 Å². The van der Waals surface area contributed by atoms with E-state index in [0.29, 0.717) is 5.82 Å². The Morgan fingerprint density at radius 2 is 2.20 bits per heavy atom. The summed E-state index contributed by atoms with van der Waals surface area (Å²) in [6, 6.07) is 6.15. The quantitative estimate of drug-likeness (QED) is 0.709. The minimum atomic E-state index is -0.496. The number of rotatable bonds is 1. The summed E-state index contributed by atoms with van der Waals surface area (Å²) in [6.45, 7) is 5.47. The van der Waals surface area contributed by atoms with Gasteiger partial charge in [0.15, 0.2) is 0 Å². The first-order chi connectivity index (χ1) is 6.90. The van der Waals surface area contributed by atoms with Crippen molar-refractivity contribution in [2.75, 3.05) is 11.9 Å². The van der Waals surface area contributed by atoms with Crippen molar-refractivity contribution in [2.45, 2.75) is 26.4 Å². The van der Waals surface area contributed by atoms with Crippen LogP contribution in [0.5, 0.6) is 0 Å². The maximum atomic E-state index is 11.6. The number of nitrogens with zero attached hydrogens (tertiary/aromatic N) is 2. The fourth-order valence-corrected chi connectivity index (χ4v) is 0.924. The predicted octanol–water partition coefficient (Wildman–Crippen LogP) is 2.25. The second kappa shape index (κ2) is 4.29. The molecule has 0 unspecified atom stereocenters. The highest BCUT2D eigenvalue weighted by Crippen LogP contribution is 2.13. The number of hydrogen-bond donors (Lipinski definition) is 0. The van der Waals surface area contributed by atoms with Crippen LogP contribution in [0.3, 0.4) is 0 Å². The van der Waals surface area contributed by atoms with Gasteiger partial charge in [-0.15, -0.1) is 0 Å². The van der Waals surface area contributed by atoms with Gasteiger partial charge in [-0.05, 0) is 39.0 Å². The Labute approximate surface area is 89.9 Å². The van der Waals surface area contributed by atoms with Crippen molar-refractivity contribution in [1.82, 2.24) is 4.98 Å². The van der Waals surface area contributed by atoms with Gasteiger partial charge < -0.3 is 4.74 Å². The molecule has 1 aromatic heterocycles. The molecule has 81 valence electrons. The van der Waals surface area contributed by atoms with Gasteiger partial charge in [0.2, 0.25) is 0 Å². The average molecular weight is 207 g/mol. The summed E-state index contributed by atoms with van der Waals surface area (Å²) in [5.74, 6) is 0.520. The van der Waals surface area contributed by atoms with Crippen molar-refractivity contribution in [3.8, 4) is 0 Å². The van der Waals surface area contributed by atoms with Gasteiger partial charge in [-0.25, -0.2) is 9.78 Å². The minimum Gasteiger partial charge on any atom is -0.443 e. The molecule has 0 saturated heterocycles. The molecule has 1 amide bonds. The first kappa shape index (κ1) is 11.5. The van der Waals surface area contributed by atoms with Crippen LogP contribution in [-0.4, -0.2) is 23.7 Å². The third-order valence-corrected chi connectivity index (χ3v) is 1.60. The lowest BCUT2D eigenvalue weighted by Gasteiger charge is -2.23. The summed E-state index contributed by atoms with van der Waals surface area (Å²) < 4.78 is 5.19. The molecule has 0 bridgehead atoms. The number of aromatic nitrogens is 1. The van der Waals surface area contributed by atoms with E-state index in [1.807, 2.05) is 20.8 Å². The van der Waals surface area contributed by atoms with Crippen LogP contribution >= 0.6 is 0 Å². The van der Waals surface area contributed by atoms with Crippen LogP contribution in [0.1, 0.15) is 20.8 Å². The SMILES string of the molecule is CN(C(=O)OC(C)(C)C)c1c[c]ccn1. The second-order valence-corrected chi connectivity index (χ2v) is 4.15. The Hall–Kier alpha value is -1.58. The fourth-order valence-electron chi connectivity index (χ4n) is 0.924. The second-order valence-electron chi connectivity index (χ2n) is 4.15. The lowest BCUT2D eigenvalue weighted by molar-refractivity contribution is 0.0588. The first-order valence-corrected chi connectivity index (χ1v) is 4.69. The molecule has 1 rings (SSSR count). The highest BCUT2D eigenvalue weighted by atomic mass is 16.6. The Morgan fingerprint density at radius 3 is 2.67 bits per heavy atom. The molecule has 0 aliphatic heterocycles. The van der Waals surface area contributed by atoms with E-state index >= 15 is 0 Å². The molecule has 1 radical (unpaired) electrons. The largest absolute Gasteiger partial charge is 0.443 e. The van der Waals surface area contributed by atoms with Gasteiger partial charge in [0.25, 0.3) is 0 Å². The number of hydrogen-bond acceptors (Lipinski definition) is 3. The molecular formula is C11H15N2O2. The van der Waals surface area contributed by atoms with Crippen LogP contribution < -0.4 is 4.90 Å². The zero-order valence-corrected chi connectivity index (χ0v) is 9.44. The molecule has 0 aliphatic carbocycles. The van der Waals surface area contributed by atoms with E-state index < -0.39 is 11.7 Å². The average Bonchev–Trinajstić information content (AvgIpc) is 2.15. The van der Waals surface area contributed by atoms with E-state index in [0.717, 1.165) is 0 Å². The molecule has 1 aromatic rings. The molecule has 0 aromatic carbocycles. The number of ether oxygens (including phenoxy) is 1. The summed E-state index contributed by atoms with van der Waals surface area (Å²) in [5, 5.41) is 0. The lowest BCUT2D eigenvalue weighted by atomic mass is 10.2. The van der Waals surface area contributed by atoms with E-state index in [1.54, 1.807) is 25.4 Å². The molecule has 0 aliphatic rings. The van der Waals surface area contributed by atoms with Gasteiger partial charge in [0.05, 0.1) is 0 Å². The van der Waals surface area contributed by atoms with Crippen LogP contribution in [-0.2, 0) is 4.74 Å². The molecule has 15 heavy (non-hydrogen) atoms. The van der Waals surface area contributed by atoms with Gasteiger partial charge in [-0.3, -0.25) is 4.90 Å². The Kier molecular flexibility index (Phi) is 3.29. The van der Waals surface area contributed by atoms with Crippen molar-refractivity contribution >= 4 is 11.9 Å². The summed E-state index contributed by atoms with van der Waals surface area (Å²) >= 11 is 0. The molecule has 4 heteroatoms. The molecule has 0 atom stereocenters. The van der Waals surface area contributed by atoms with Crippen LogP contribution in [0.15, 0.2) is 18.3 Å². The number of amides is 1. The van der Waals surface area contributed by atoms with Crippen LogP contribution in [0.4, 0.5) is 10.6 Å². The van der Waals surface area contributed by atoms with Gasteiger partial charge in [0.1, 0.15) is 11.4 Å². The van der Waals surface area contributed by atoms with Crippen molar-refractivity contribution < 1.29 is 9.53 Å². The normalized spacial score (nSPS) is 10.9. The molecular weight excluding hydrogens is 192 g/mol. The maximum Gasteiger partial charge on any atom is 0.415 e. The van der Waals surface area contributed by atoms with Gasteiger partial charge in [-0.2, -0.15) is 0 Å². The minimum absolute atomic E-state index is 0.422. The van der Waals surface area contributed by atoms with E-state index in [2.05, 4.69) is 11.1 Å². The Morgan fingerprint density at radius 1 is 1.53 bits per heavy atom. The Bertz CT molecular complexity index is 330. The molecule has 0 spiro atoms. The number of carbonyl (C=O) groups excluding carboxylic acids is 1. The summed E-state index contributed by atoms with van der Waals surface area (Å²) in [6.07, 6.45) is 1.16. The van der Waals surface area contributed by atoms with Crippen LogP contribution in [0.2, 0.25) is 0 Å². The number of pyridine rings is 1. The molecule has 0 saturated carbocycles. The highest BCUT2D eigenvalue weighted by Gasteiger charge is 2.20. The Balaban J connectivity index is 2.70. The van der Waals surface area contributed by atoms with E-state index in [4.69, 9.17) is 4.74 Å². The monoisotopic (exact) mass is 207 g/mol. The standard InChI is InChI=1S/C11H15N2O2/c1-11(2,3)15-10(14)13(4)9-7-5-6-8-12-9/h6-8H,1-4H3. The molecule has 1 heterocycles. The third kappa shape index (κ3) is 3.58. The molecule has 0 fully saturated rings. The van der Waals surface area contributed by atoms with Crippen molar-refractivity contribution in [3.63, 3.8) is 0 Å². The zero-order chi connectivity index (χ0) is 11.5. The molecule has 4 nitrogen and oxygen atoms in total. The predicted molar refractivity (Wildman–Crippen MR) is 57.7 cm³/mol. The smallest absolute Gasteiger partial charge is 0.415 e. The van der Waals surface area contributed by atoms with Crippen LogP contribution in [0.25, 0.3) is 0 Å². The lowest BCUT2D eigenvalue weighted by Crippen LogP contribution is -2.34. The van der Waals surface area contributed by atoms with E-state index in [9.17, 15) is 4.79 Å². The van der Waals surface area contributed by atoms with E-state index in [1.165, 1.54) is 4.90 Å². The van der Waals surface area contributed by atoms with Gasteiger partial charge in [0, 0.05) is 13.2 Å². The maximum absolute atomic E-state index is 11.6. The highest BCUT2D eigenvalue weighted by molar-refractivity contribution is 5.85. The third-order valence-electron chi connectivity index (χ3n) is 1.60. The fraction of sp³-hybridized carbons (Fsp3) is 0.455. The van der Waals surface area contributed by atoms with Crippen molar-refractivity contribution in [2.24, 2.45) is 0 Å². The summed E-state index contributed by atoms with van der Waals surface area (Å²) in [7, 11) is 1.62. The number of anilines is 1. The topological polar surface area (TPSA) is 42.4 Å². The summed E-state index contributed by atoms with van der Waals surface area (Å²) in [5.41, 5.74) is -0.496. The van der Waals surface area contributed by atoms with E-state index in [-0.39, 0.29) is 0 Å². The molecule has 0 N–H and O–H groups in total. The zero-order valence-electron chi connectivity index (χ0n) is 9.44.